The van der Waals surface area contributed by atoms with Gasteiger partial charge in [-0.1, -0.05) is 16.8 Å². The lowest BCUT2D eigenvalue weighted by molar-refractivity contribution is -0.117. The first kappa shape index (κ1) is 19.6. The van der Waals surface area contributed by atoms with E-state index in [4.69, 9.17) is 16.1 Å². The molecule has 29 heavy (non-hydrogen) atoms. The molecule has 2 aromatic heterocycles. The minimum atomic E-state index is -0.0887. The Morgan fingerprint density at radius 2 is 2.00 bits per heavy atom. The lowest BCUT2D eigenvalue weighted by atomic mass is 10.2. The van der Waals surface area contributed by atoms with Gasteiger partial charge in [-0.3, -0.25) is 14.6 Å². The number of hydrogen-bond acceptors (Lipinski definition) is 7. The molecule has 0 spiro atoms. The third-order valence-electron chi connectivity index (χ3n) is 4.79. The summed E-state index contributed by atoms with van der Waals surface area (Å²) >= 11 is 6.11. The number of nitrogens with one attached hydrogen (secondary N) is 1. The predicted octanol–water partition coefficient (Wildman–Crippen LogP) is 1.97. The molecule has 152 valence electrons. The molecule has 3 heterocycles. The van der Waals surface area contributed by atoms with Crippen LogP contribution in [0.2, 0.25) is 5.02 Å². The molecule has 1 saturated heterocycles. The average molecular weight is 416 g/mol. The number of aryl methyl sites for hydroxylation is 1. The molecular weight excluding hydrogens is 394 g/mol. The van der Waals surface area contributed by atoms with E-state index in [1.807, 2.05) is 13.0 Å². The molecule has 0 unspecified atom stereocenters. The summed E-state index contributed by atoms with van der Waals surface area (Å²) in [6, 6.07) is 7.23. The van der Waals surface area contributed by atoms with Crippen molar-refractivity contribution in [3.8, 4) is 5.69 Å². The number of halogens is 1. The molecule has 1 amide bonds. The molecule has 0 atom stereocenters. The highest BCUT2D eigenvalue weighted by atomic mass is 35.5. The third-order valence-corrected chi connectivity index (χ3v) is 5.03. The van der Waals surface area contributed by atoms with Crippen LogP contribution in [-0.2, 0) is 11.3 Å². The standard InChI is InChI=1S/C19H22ClN7O2/c1-14-8-16(24-29-14)10-25-4-6-26(7-5-25)11-19(28)23-17-9-15(20)2-3-18(17)27-13-21-12-22-27/h2-3,8-9,12-13H,4-7,10-11H2,1H3,(H,23,28). The number of aromatic nitrogens is 4. The minimum Gasteiger partial charge on any atom is -0.361 e. The fraction of sp³-hybridized carbons (Fsp3) is 0.368. The second-order valence-corrected chi connectivity index (χ2v) is 7.47. The first-order valence-corrected chi connectivity index (χ1v) is 9.76. The lowest BCUT2D eigenvalue weighted by Crippen LogP contribution is -2.48. The van der Waals surface area contributed by atoms with Crippen molar-refractivity contribution in [2.24, 2.45) is 0 Å². The number of rotatable bonds is 6. The molecule has 4 rings (SSSR count). The number of benzene rings is 1. The van der Waals surface area contributed by atoms with Crippen LogP contribution in [0, 0.1) is 6.92 Å². The summed E-state index contributed by atoms with van der Waals surface area (Å²) in [4.78, 5) is 21.0. The van der Waals surface area contributed by atoms with Crippen molar-refractivity contribution in [1.82, 2.24) is 29.7 Å². The van der Waals surface area contributed by atoms with E-state index in [2.05, 4.69) is 30.4 Å². The average Bonchev–Trinajstić information content (AvgIpc) is 3.35. The van der Waals surface area contributed by atoms with Gasteiger partial charge < -0.3 is 9.84 Å². The van der Waals surface area contributed by atoms with Crippen LogP contribution in [-0.4, -0.2) is 68.4 Å². The molecule has 0 radical (unpaired) electrons. The Kier molecular flexibility index (Phi) is 5.89. The molecule has 10 heteroatoms. The Morgan fingerprint density at radius 3 is 2.69 bits per heavy atom. The molecule has 1 aromatic carbocycles. The number of anilines is 1. The molecule has 1 aliphatic rings. The highest BCUT2D eigenvalue weighted by Gasteiger charge is 2.20. The van der Waals surface area contributed by atoms with Gasteiger partial charge in [0.25, 0.3) is 0 Å². The quantitative estimate of drug-likeness (QED) is 0.658. The maximum absolute atomic E-state index is 12.6. The highest BCUT2D eigenvalue weighted by Crippen LogP contribution is 2.24. The van der Waals surface area contributed by atoms with E-state index in [1.165, 1.54) is 6.33 Å². The first-order chi connectivity index (χ1) is 14.1. The van der Waals surface area contributed by atoms with Crippen LogP contribution in [0.3, 0.4) is 0 Å². The second-order valence-electron chi connectivity index (χ2n) is 7.03. The van der Waals surface area contributed by atoms with Crippen LogP contribution in [0.15, 0.2) is 41.4 Å². The zero-order valence-electron chi connectivity index (χ0n) is 16.1. The third kappa shape index (κ3) is 5.00. The van der Waals surface area contributed by atoms with Crippen molar-refractivity contribution in [2.75, 3.05) is 38.0 Å². The summed E-state index contributed by atoms with van der Waals surface area (Å²) in [6.07, 6.45) is 3.02. The Balaban J connectivity index is 1.31. The summed E-state index contributed by atoms with van der Waals surface area (Å²) in [7, 11) is 0. The van der Waals surface area contributed by atoms with Crippen molar-refractivity contribution in [3.63, 3.8) is 0 Å². The van der Waals surface area contributed by atoms with E-state index in [-0.39, 0.29) is 5.91 Å². The van der Waals surface area contributed by atoms with E-state index in [0.717, 1.165) is 44.2 Å². The molecule has 9 nitrogen and oxygen atoms in total. The predicted molar refractivity (Wildman–Crippen MR) is 108 cm³/mol. The first-order valence-electron chi connectivity index (χ1n) is 9.38. The van der Waals surface area contributed by atoms with Crippen LogP contribution >= 0.6 is 11.6 Å². The van der Waals surface area contributed by atoms with Crippen LogP contribution in [0.5, 0.6) is 0 Å². The molecule has 0 saturated carbocycles. The SMILES string of the molecule is Cc1cc(CN2CCN(CC(=O)Nc3cc(Cl)ccc3-n3cncn3)CC2)no1. The summed E-state index contributed by atoms with van der Waals surface area (Å²) in [6.45, 7) is 6.36. The van der Waals surface area contributed by atoms with Gasteiger partial charge in [0.05, 0.1) is 23.6 Å². The van der Waals surface area contributed by atoms with E-state index in [9.17, 15) is 4.79 Å². The monoisotopic (exact) mass is 415 g/mol. The fourth-order valence-electron chi connectivity index (χ4n) is 3.36. The van der Waals surface area contributed by atoms with Gasteiger partial charge in [-0.15, -0.1) is 0 Å². The summed E-state index contributed by atoms with van der Waals surface area (Å²) < 4.78 is 6.72. The smallest absolute Gasteiger partial charge is 0.238 e. The largest absolute Gasteiger partial charge is 0.361 e. The fourth-order valence-corrected chi connectivity index (χ4v) is 3.53. The number of piperazine rings is 1. The molecular formula is C19H22ClN7O2. The lowest BCUT2D eigenvalue weighted by Gasteiger charge is -2.33. The van der Waals surface area contributed by atoms with Crippen LogP contribution in [0.25, 0.3) is 5.69 Å². The van der Waals surface area contributed by atoms with Crippen molar-refractivity contribution < 1.29 is 9.32 Å². The summed E-state index contributed by atoms with van der Waals surface area (Å²) in [5.41, 5.74) is 2.26. The van der Waals surface area contributed by atoms with Gasteiger partial charge in [0, 0.05) is 43.8 Å². The van der Waals surface area contributed by atoms with Crippen molar-refractivity contribution in [2.45, 2.75) is 13.5 Å². The molecule has 1 fully saturated rings. The number of carbonyl (C=O) groups excluding carboxylic acids is 1. The van der Waals surface area contributed by atoms with E-state index in [1.54, 1.807) is 29.2 Å². The van der Waals surface area contributed by atoms with Crippen molar-refractivity contribution in [3.05, 3.63) is 53.4 Å². The topological polar surface area (TPSA) is 92.3 Å². The zero-order valence-corrected chi connectivity index (χ0v) is 16.8. The molecule has 1 N–H and O–H groups in total. The Morgan fingerprint density at radius 1 is 1.21 bits per heavy atom. The zero-order chi connectivity index (χ0) is 20.2. The van der Waals surface area contributed by atoms with Crippen LogP contribution < -0.4 is 5.32 Å². The van der Waals surface area contributed by atoms with Crippen LogP contribution in [0.4, 0.5) is 5.69 Å². The highest BCUT2D eigenvalue weighted by molar-refractivity contribution is 6.31. The Hall–Kier alpha value is -2.75. The maximum atomic E-state index is 12.6. The maximum Gasteiger partial charge on any atom is 0.238 e. The van der Waals surface area contributed by atoms with Gasteiger partial charge in [-0.2, -0.15) is 5.10 Å². The van der Waals surface area contributed by atoms with Gasteiger partial charge in [0.2, 0.25) is 5.91 Å². The molecule has 0 bridgehead atoms. The van der Waals surface area contributed by atoms with Crippen LogP contribution in [0.1, 0.15) is 11.5 Å². The summed E-state index contributed by atoms with van der Waals surface area (Å²) in [5, 5.41) is 11.7. The Bertz CT molecular complexity index is 965. The minimum absolute atomic E-state index is 0.0887. The molecule has 3 aromatic rings. The van der Waals surface area contributed by atoms with Crippen molar-refractivity contribution >= 4 is 23.2 Å². The normalized spacial score (nSPS) is 15.5. The number of carbonyl (C=O) groups is 1. The Labute approximate surface area is 173 Å². The number of amides is 1. The second kappa shape index (κ2) is 8.73. The number of hydrogen-bond donors (Lipinski definition) is 1. The van der Waals surface area contributed by atoms with E-state index < -0.39 is 0 Å². The van der Waals surface area contributed by atoms with Gasteiger partial charge in [-0.05, 0) is 25.1 Å². The van der Waals surface area contributed by atoms with Gasteiger partial charge in [0.1, 0.15) is 18.4 Å². The molecule has 1 aliphatic heterocycles. The summed E-state index contributed by atoms with van der Waals surface area (Å²) in [5.74, 6) is 0.732. The van der Waals surface area contributed by atoms with Gasteiger partial charge >= 0.3 is 0 Å². The molecule has 0 aliphatic carbocycles. The van der Waals surface area contributed by atoms with Gasteiger partial charge in [0.15, 0.2) is 0 Å². The van der Waals surface area contributed by atoms with Crippen molar-refractivity contribution in [1.29, 1.82) is 0 Å². The number of nitrogens with zero attached hydrogens (tertiary/aromatic N) is 6. The van der Waals surface area contributed by atoms with Gasteiger partial charge in [-0.25, -0.2) is 9.67 Å². The van der Waals surface area contributed by atoms with E-state index >= 15 is 0 Å². The van der Waals surface area contributed by atoms with E-state index in [0.29, 0.717) is 22.9 Å².